The number of anilines is 1. The summed E-state index contributed by atoms with van der Waals surface area (Å²) in [5.41, 5.74) is 5.93. The van der Waals surface area contributed by atoms with E-state index in [1.165, 1.54) is 6.92 Å². The highest BCUT2D eigenvalue weighted by atomic mass is 16.5. The van der Waals surface area contributed by atoms with E-state index >= 15 is 0 Å². The Labute approximate surface area is 197 Å². The molecule has 0 fully saturated rings. The van der Waals surface area contributed by atoms with Gasteiger partial charge in [0.25, 0.3) is 5.91 Å². The molecular formula is C27H26N2O5. The van der Waals surface area contributed by atoms with Crippen LogP contribution in [0.1, 0.15) is 39.9 Å². The van der Waals surface area contributed by atoms with Crippen molar-refractivity contribution in [2.45, 2.75) is 19.8 Å². The quantitative estimate of drug-likeness (QED) is 0.471. The minimum absolute atomic E-state index is 0.0115. The van der Waals surface area contributed by atoms with E-state index in [9.17, 15) is 14.4 Å². The van der Waals surface area contributed by atoms with Gasteiger partial charge in [-0.05, 0) is 46.9 Å². The van der Waals surface area contributed by atoms with Gasteiger partial charge in [0.2, 0.25) is 0 Å². The summed E-state index contributed by atoms with van der Waals surface area (Å²) in [6, 6.07) is 21.2. The van der Waals surface area contributed by atoms with Crippen LogP contribution >= 0.6 is 0 Å². The van der Waals surface area contributed by atoms with Crippen LogP contribution in [0, 0.1) is 12.8 Å². The first-order valence-electron chi connectivity index (χ1n) is 11.1. The first-order chi connectivity index (χ1) is 16.4. The highest BCUT2D eigenvalue weighted by Crippen LogP contribution is 2.44. The maximum atomic E-state index is 12.6. The maximum absolute atomic E-state index is 12.6. The van der Waals surface area contributed by atoms with E-state index in [4.69, 9.17) is 9.84 Å². The number of fused-ring (bicyclic) bond motifs is 3. The molecular weight excluding hydrogens is 432 g/mol. The second kappa shape index (κ2) is 9.79. The number of carbonyl (C=O) groups is 3. The number of carbonyl (C=O) groups excluding carboxylic acids is 2. The number of nitrogens with one attached hydrogen (secondary N) is 2. The lowest BCUT2D eigenvalue weighted by molar-refractivity contribution is -0.140. The molecule has 7 heteroatoms. The summed E-state index contributed by atoms with van der Waals surface area (Å²) >= 11 is 0. The third-order valence-electron chi connectivity index (χ3n) is 6.15. The Morgan fingerprint density at radius 2 is 1.56 bits per heavy atom. The van der Waals surface area contributed by atoms with Crippen LogP contribution < -0.4 is 10.6 Å². The van der Waals surface area contributed by atoms with E-state index in [1.54, 1.807) is 25.1 Å². The van der Waals surface area contributed by atoms with E-state index < -0.39 is 23.9 Å². The van der Waals surface area contributed by atoms with Crippen LogP contribution in [0.3, 0.4) is 0 Å². The molecule has 0 saturated carbocycles. The molecule has 1 atom stereocenters. The number of ether oxygens (including phenoxy) is 1. The van der Waals surface area contributed by atoms with Crippen LogP contribution in [-0.4, -0.2) is 36.2 Å². The van der Waals surface area contributed by atoms with Crippen LogP contribution in [0.2, 0.25) is 0 Å². The van der Waals surface area contributed by atoms with Crippen molar-refractivity contribution in [2.75, 3.05) is 18.5 Å². The molecule has 2 amide bonds. The molecule has 1 aliphatic rings. The van der Waals surface area contributed by atoms with Gasteiger partial charge in [0.1, 0.15) is 6.61 Å². The first-order valence-corrected chi connectivity index (χ1v) is 11.1. The summed E-state index contributed by atoms with van der Waals surface area (Å²) < 4.78 is 5.59. The van der Waals surface area contributed by atoms with Crippen molar-refractivity contribution in [1.82, 2.24) is 5.32 Å². The van der Waals surface area contributed by atoms with Crippen LogP contribution in [0.15, 0.2) is 66.7 Å². The zero-order valence-electron chi connectivity index (χ0n) is 19.0. The van der Waals surface area contributed by atoms with Gasteiger partial charge in [-0.25, -0.2) is 4.79 Å². The number of carboxylic acid groups (broad SMARTS) is 1. The van der Waals surface area contributed by atoms with Crippen molar-refractivity contribution >= 4 is 23.7 Å². The van der Waals surface area contributed by atoms with Gasteiger partial charge in [0.05, 0.1) is 5.92 Å². The molecule has 7 nitrogen and oxygen atoms in total. The molecule has 0 bridgehead atoms. The Balaban J connectivity index is 1.42. The normalized spacial score (nSPS) is 12.9. The summed E-state index contributed by atoms with van der Waals surface area (Å²) in [7, 11) is 0. The molecule has 3 N–H and O–H groups in total. The van der Waals surface area contributed by atoms with Crippen molar-refractivity contribution in [3.63, 3.8) is 0 Å². The molecule has 0 saturated heterocycles. The van der Waals surface area contributed by atoms with Gasteiger partial charge in [-0.3, -0.25) is 14.9 Å². The van der Waals surface area contributed by atoms with Crippen LogP contribution in [-0.2, 0) is 9.53 Å². The van der Waals surface area contributed by atoms with Crippen molar-refractivity contribution in [3.8, 4) is 11.1 Å². The number of amides is 2. The third-order valence-corrected chi connectivity index (χ3v) is 6.15. The van der Waals surface area contributed by atoms with Gasteiger partial charge in [-0.2, -0.15) is 0 Å². The zero-order chi connectivity index (χ0) is 24.2. The van der Waals surface area contributed by atoms with Crippen molar-refractivity contribution in [3.05, 3.63) is 89.0 Å². The summed E-state index contributed by atoms with van der Waals surface area (Å²) in [6.45, 7) is 3.43. The van der Waals surface area contributed by atoms with E-state index in [0.717, 1.165) is 22.3 Å². The van der Waals surface area contributed by atoms with Gasteiger partial charge in [0, 0.05) is 23.7 Å². The first kappa shape index (κ1) is 23.0. The summed E-state index contributed by atoms with van der Waals surface area (Å²) in [5, 5.41) is 14.3. The number of carboxylic acids is 1. The summed E-state index contributed by atoms with van der Waals surface area (Å²) in [6.07, 6.45) is -0.609. The fourth-order valence-electron chi connectivity index (χ4n) is 4.19. The average Bonchev–Trinajstić information content (AvgIpc) is 3.16. The lowest BCUT2D eigenvalue weighted by Crippen LogP contribution is -2.32. The number of hydrogen-bond acceptors (Lipinski definition) is 4. The van der Waals surface area contributed by atoms with E-state index in [0.29, 0.717) is 16.8 Å². The highest BCUT2D eigenvalue weighted by Gasteiger charge is 2.29. The second-order valence-electron chi connectivity index (χ2n) is 8.38. The minimum atomic E-state index is -0.984. The lowest BCUT2D eigenvalue weighted by Gasteiger charge is -2.16. The number of hydrogen-bond donors (Lipinski definition) is 3. The second-order valence-corrected chi connectivity index (χ2v) is 8.38. The highest BCUT2D eigenvalue weighted by molar-refractivity contribution is 5.98. The molecule has 0 aliphatic heterocycles. The van der Waals surface area contributed by atoms with Gasteiger partial charge in [-0.15, -0.1) is 0 Å². The van der Waals surface area contributed by atoms with E-state index in [-0.39, 0.29) is 19.1 Å². The Bertz CT molecular complexity index is 1210. The molecule has 0 spiro atoms. The maximum Gasteiger partial charge on any atom is 0.411 e. The van der Waals surface area contributed by atoms with Crippen LogP contribution in [0.25, 0.3) is 11.1 Å². The van der Waals surface area contributed by atoms with Crippen molar-refractivity contribution < 1.29 is 24.2 Å². The lowest BCUT2D eigenvalue weighted by atomic mass is 9.98. The third kappa shape index (κ3) is 4.64. The van der Waals surface area contributed by atoms with Crippen molar-refractivity contribution in [2.24, 2.45) is 5.92 Å². The largest absolute Gasteiger partial charge is 0.481 e. The van der Waals surface area contributed by atoms with Crippen LogP contribution in [0.5, 0.6) is 0 Å². The van der Waals surface area contributed by atoms with E-state index in [2.05, 4.69) is 34.9 Å². The Morgan fingerprint density at radius 3 is 2.18 bits per heavy atom. The molecule has 0 radical (unpaired) electrons. The van der Waals surface area contributed by atoms with Crippen molar-refractivity contribution in [1.29, 1.82) is 0 Å². The predicted molar refractivity (Wildman–Crippen MR) is 129 cm³/mol. The van der Waals surface area contributed by atoms with Crippen LogP contribution in [0.4, 0.5) is 10.5 Å². The number of benzene rings is 3. The fraction of sp³-hybridized carbons (Fsp3) is 0.222. The molecule has 1 aliphatic carbocycles. The molecule has 3 aromatic rings. The monoisotopic (exact) mass is 458 g/mol. The predicted octanol–water partition coefficient (Wildman–Crippen LogP) is 4.81. The zero-order valence-corrected chi connectivity index (χ0v) is 19.0. The van der Waals surface area contributed by atoms with Gasteiger partial charge >= 0.3 is 12.1 Å². The topological polar surface area (TPSA) is 105 Å². The molecule has 1 unspecified atom stereocenters. The van der Waals surface area contributed by atoms with E-state index in [1.807, 2.05) is 24.3 Å². The standard InChI is InChI=1S/C27H26N2O5/c1-16(26(31)32)14-28-25(30)18-12-7-13-24(17(18)2)29-27(33)34-15-23-21-10-5-3-8-19(21)20-9-4-6-11-22(20)23/h3-13,16,23H,14-15H2,1-2H3,(H,28,30)(H,29,33)(H,31,32). The SMILES string of the molecule is Cc1c(NC(=O)OCC2c3ccccc3-c3ccccc32)cccc1C(=O)NCC(C)C(=O)O. The fourth-order valence-corrected chi connectivity index (χ4v) is 4.19. The van der Waals surface area contributed by atoms with Gasteiger partial charge in [0.15, 0.2) is 0 Å². The Hall–Kier alpha value is -4.13. The van der Waals surface area contributed by atoms with Gasteiger partial charge < -0.3 is 15.2 Å². The summed E-state index contributed by atoms with van der Waals surface area (Å²) in [5.74, 6) is -2.14. The number of aliphatic carboxylic acids is 1. The average molecular weight is 459 g/mol. The molecule has 34 heavy (non-hydrogen) atoms. The molecule has 0 heterocycles. The molecule has 3 aromatic carbocycles. The smallest absolute Gasteiger partial charge is 0.411 e. The molecule has 4 rings (SSSR count). The molecule has 174 valence electrons. The molecule has 0 aromatic heterocycles. The Morgan fingerprint density at radius 1 is 0.941 bits per heavy atom. The Kier molecular flexibility index (Phi) is 6.63. The summed E-state index contributed by atoms with van der Waals surface area (Å²) in [4.78, 5) is 36.1. The minimum Gasteiger partial charge on any atom is -0.481 e. The van der Waals surface area contributed by atoms with Gasteiger partial charge in [-0.1, -0.05) is 61.5 Å². The number of rotatable bonds is 7.